The molecule has 1 aromatic heterocycles. The van der Waals surface area contributed by atoms with Crippen LogP contribution in [0.25, 0.3) is 0 Å². The normalized spacial score (nSPS) is 11.7. The maximum atomic E-state index is 12.7. The summed E-state index contributed by atoms with van der Waals surface area (Å²) in [5, 5.41) is 14.3. The third kappa shape index (κ3) is 6.43. The van der Waals surface area contributed by atoms with Crippen molar-refractivity contribution in [2.24, 2.45) is 5.92 Å². The van der Waals surface area contributed by atoms with Gasteiger partial charge in [-0.15, -0.1) is 10.2 Å². The Balaban J connectivity index is 1.83. The van der Waals surface area contributed by atoms with E-state index in [0.717, 1.165) is 29.7 Å². The molecule has 154 valence electrons. The van der Waals surface area contributed by atoms with E-state index in [0.29, 0.717) is 25.3 Å². The Morgan fingerprint density at radius 2 is 2.04 bits per heavy atom. The summed E-state index contributed by atoms with van der Waals surface area (Å²) in [5.41, 5.74) is -0.715. The maximum absolute atomic E-state index is 12.7. The van der Waals surface area contributed by atoms with Crippen molar-refractivity contribution in [3.05, 3.63) is 35.7 Å². The van der Waals surface area contributed by atoms with Crippen LogP contribution < -0.4 is 10.6 Å². The monoisotopic (exact) mass is 415 g/mol. The van der Waals surface area contributed by atoms with Crippen LogP contribution in [0.15, 0.2) is 29.4 Å². The second kappa shape index (κ2) is 9.81. The molecule has 2 rings (SSSR count). The number of rotatable bonds is 8. The van der Waals surface area contributed by atoms with Gasteiger partial charge in [0.15, 0.2) is 5.16 Å². The molecule has 10 heteroatoms. The third-order valence-electron chi connectivity index (χ3n) is 3.83. The van der Waals surface area contributed by atoms with Gasteiger partial charge in [0.2, 0.25) is 0 Å². The van der Waals surface area contributed by atoms with E-state index in [9.17, 15) is 18.0 Å². The molecular weight excluding hydrogens is 391 g/mol. The van der Waals surface area contributed by atoms with Crippen LogP contribution in [-0.2, 0) is 19.1 Å². The summed E-state index contributed by atoms with van der Waals surface area (Å²) in [5.74, 6) is 1.31. The number of amides is 2. The van der Waals surface area contributed by atoms with Gasteiger partial charge in [-0.1, -0.05) is 31.7 Å². The van der Waals surface area contributed by atoms with Crippen LogP contribution in [-0.4, -0.2) is 33.6 Å². The Morgan fingerprint density at radius 3 is 2.68 bits per heavy atom. The first-order valence-corrected chi connectivity index (χ1v) is 10.1. The number of benzene rings is 1. The number of halogens is 3. The van der Waals surface area contributed by atoms with Crippen molar-refractivity contribution in [1.29, 1.82) is 0 Å². The lowest BCUT2D eigenvalue weighted by Crippen LogP contribution is -2.30. The van der Waals surface area contributed by atoms with Gasteiger partial charge in [0.1, 0.15) is 5.82 Å². The molecule has 2 amide bonds. The van der Waals surface area contributed by atoms with E-state index in [-0.39, 0.29) is 5.69 Å². The zero-order chi connectivity index (χ0) is 20.7. The molecule has 0 unspecified atom stereocenters. The number of carbonyl (C=O) groups excluding carboxylic acids is 1. The fraction of sp³-hybridized carbons (Fsp3) is 0.500. The predicted octanol–water partition coefficient (Wildman–Crippen LogP) is 4.43. The molecule has 0 aliphatic carbocycles. The zero-order valence-corrected chi connectivity index (χ0v) is 16.8. The molecule has 0 spiro atoms. The van der Waals surface area contributed by atoms with Gasteiger partial charge >= 0.3 is 12.2 Å². The van der Waals surface area contributed by atoms with Gasteiger partial charge in [0.05, 0.1) is 5.56 Å². The molecule has 2 aromatic rings. The van der Waals surface area contributed by atoms with Crippen molar-refractivity contribution in [2.45, 2.75) is 44.6 Å². The number of aromatic nitrogens is 3. The first-order chi connectivity index (χ1) is 13.2. The molecular formula is C18H24F3N5OS. The molecule has 0 saturated carbocycles. The highest BCUT2D eigenvalue weighted by Gasteiger charge is 2.30. The summed E-state index contributed by atoms with van der Waals surface area (Å²) < 4.78 is 40.2. The van der Waals surface area contributed by atoms with Crippen LogP contribution in [0.2, 0.25) is 0 Å². The first-order valence-electron chi connectivity index (χ1n) is 8.89. The van der Waals surface area contributed by atoms with Gasteiger partial charge in [0.25, 0.3) is 0 Å². The summed E-state index contributed by atoms with van der Waals surface area (Å²) in [6.45, 7) is 5.43. The summed E-state index contributed by atoms with van der Waals surface area (Å²) in [6.07, 6.45) is -1.22. The Bertz CT molecular complexity index is 792. The largest absolute Gasteiger partial charge is 0.416 e. The molecule has 0 aliphatic heterocycles. The van der Waals surface area contributed by atoms with Crippen LogP contribution in [0, 0.1) is 5.92 Å². The molecule has 0 fully saturated rings. The number of nitrogens with zero attached hydrogens (tertiary/aromatic N) is 3. The van der Waals surface area contributed by atoms with E-state index in [4.69, 9.17) is 0 Å². The smallest absolute Gasteiger partial charge is 0.338 e. The molecule has 6 nitrogen and oxygen atoms in total. The fourth-order valence-electron chi connectivity index (χ4n) is 2.60. The standard InChI is InChI=1S/C18H24F3N5OS/c1-12(2)11-26-15(24-25-17(26)28-3)8-5-9-22-16(27)23-14-7-4-6-13(10-14)18(19,20)21/h4,6-7,10,12H,5,8-9,11H2,1-3H3,(H2,22,23,27). The Hall–Kier alpha value is -2.23. The third-order valence-corrected chi connectivity index (χ3v) is 4.50. The topological polar surface area (TPSA) is 71.8 Å². The second-order valence-corrected chi connectivity index (χ2v) is 7.44. The quantitative estimate of drug-likeness (QED) is 0.494. The van der Waals surface area contributed by atoms with Crippen molar-refractivity contribution in [3.8, 4) is 0 Å². The average molecular weight is 415 g/mol. The van der Waals surface area contributed by atoms with E-state index in [1.807, 2.05) is 6.26 Å². The molecule has 0 aliphatic rings. The Labute approximate surface area is 166 Å². The first kappa shape index (κ1) is 22.1. The van der Waals surface area contributed by atoms with Crippen molar-refractivity contribution < 1.29 is 18.0 Å². The van der Waals surface area contributed by atoms with Crippen LogP contribution in [0.3, 0.4) is 0 Å². The van der Waals surface area contributed by atoms with Gasteiger partial charge in [-0.3, -0.25) is 0 Å². The van der Waals surface area contributed by atoms with Crippen LogP contribution in [0.1, 0.15) is 31.7 Å². The molecule has 0 radical (unpaired) electrons. The maximum Gasteiger partial charge on any atom is 0.416 e. The number of urea groups is 1. The van der Waals surface area contributed by atoms with E-state index in [1.165, 1.54) is 23.9 Å². The molecule has 0 atom stereocenters. The van der Waals surface area contributed by atoms with Crippen molar-refractivity contribution >= 4 is 23.5 Å². The summed E-state index contributed by atoms with van der Waals surface area (Å²) in [4.78, 5) is 11.9. The fourth-order valence-corrected chi connectivity index (χ4v) is 3.12. The lowest BCUT2D eigenvalue weighted by atomic mass is 10.2. The van der Waals surface area contributed by atoms with E-state index in [1.54, 1.807) is 0 Å². The number of aryl methyl sites for hydroxylation is 1. The minimum absolute atomic E-state index is 0.0913. The number of hydrogen-bond donors (Lipinski definition) is 2. The van der Waals surface area contributed by atoms with Gasteiger partial charge in [-0.25, -0.2) is 4.79 Å². The summed E-state index contributed by atoms with van der Waals surface area (Å²) in [7, 11) is 0. The SMILES string of the molecule is CSc1nnc(CCCNC(=O)Nc2cccc(C(F)(F)F)c2)n1CC(C)C. The number of hydrogen-bond acceptors (Lipinski definition) is 4. The second-order valence-electron chi connectivity index (χ2n) is 6.67. The molecule has 0 saturated heterocycles. The predicted molar refractivity (Wildman–Crippen MR) is 103 cm³/mol. The Morgan fingerprint density at radius 1 is 1.29 bits per heavy atom. The van der Waals surface area contributed by atoms with E-state index >= 15 is 0 Å². The van der Waals surface area contributed by atoms with Crippen molar-refractivity contribution in [2.75, 3.05) is 18.1 Å². The number of alkyl halides is 3. The number of carbonyl (C=O) groups is 1. The van der Waals surface area contributed by atoms with E-state index < -0.39 is 17.8 Å². The van der Waals surface area contributed by atoms with Crippen LogP contribution >= 0.6 is 11.8 Å². The van der Waals surface area contributed by atoms with Crippen LogP contribution in [0.4, 0.5) is 23.7 Å². The summed E-state index contributed by atoms with van der Waals surface area (Å²) in [6, 6.07) is 3.97. The average Bonchev–Trinajstić information content (AvgIpc) is 2.99. The van der Waals surface area contributed by atoms with Crippen molar-refractivity contribution in [1.82, 2.24) is 20.1 Å². The van der Waals surface area contributed by atoms with Gasteiger partial charge < -0.3 is 15.2 Å². The van der Waals surface area contributed by atoms with Crippen molar-refractivity contribution in [3.63, 3.8) is 0 Å². The number of anilines is 1. The summed E-state index contributed by atoms with van der Waals surface area (Å²) >= 11 is 1.54. The highest BCUT2D eigenvalue weighted by molar-refractivity contribution is 7.98. The lowest BCUT2D eigenvalue weighted by Gasteiger charge is -2.12. The molecule has 0 bridgehead atoms. The van der Waals surface area contributed by atoms with Crippen LogP contribution in [0.5, 0.6) is 0 Å². The van der Waals surface area contributed by atoms with Gasteiger partial charge in [-0.2, -0.15) is 13.2 Å². The minimum Gasteiger partial charge on any atom is -0.338 e. The molecule has 2 N–H and O–H groups in total. The highest BCUT2D eigenvalue weighted by Crippen LogP contribution is 2.30. The van der Waals surface area contributed by atoms with Gasteiger partial charge in [-0.05, 0) is 36.8 Å². The van der Waals surface area contributed by atoms with E-state index in [2.05, 4.69) is 39.2 Å². The zero-order valence-electron chi connectivity index (χ0n) is 16.0. The molecule has 28 heavy (non-hydrogen) atoms. The highest BCUT2D eigenvalue weighted by atomic mass is 32.2. The van der Waals surface area contributed by atoms with Gasteiger partial charge in [0, 0.05) is 25.2 Å². The molecule has 1 heterocycles. The number of thioether (sulfide) groups is 1. The minimum atomic E-state index is -4.45. The lowest BCUT2D eigenvalue weighted by molar-refractivity contribution is -0.137. The Kier molecular flexibility index (Phi) is 7.73. The number of nitrogens with one attached hydrogen (secondary N) is 2. The molecule has 1 aromatic carbocycles.